The summed E-state index contributed by atoms with van der Waals surface area (Å²) in [6, 6.07) is 2.93. The molecule has 0 aliphatic carbocycles. The van der Waals surface area contributed by atoms with E-state index in [1.54, 1.807) is 0 Å². The van der Waals surface area contributed by atoms with Gasteiger partial charge in [-0.15, -0.1) is 0 Å². The number of rotatable bonds is 4. The van der Waals surface area contributed by atoms with Crippen molar-refractivity contribution >= 4 is 11.8 Å². The minimum atomic E-state index is -1.37. The van der Waals surface area contributed by atoms with Gasteiger partial charge in [0.25, 0.3) is 0 Å². The van der Waals surface area contributed by atoms with Crippen molar-refractivity contribution in [2.24, 2.45) is 11.1 Å². The van der Waals surface area contributed by atoms with E-state index in [0.29, 0.717) is 0 Å². The van der Waals surface area contributed by atoms with Crippen LogP contribution in [0.4, 0.5) is 8.78 Å². The number of benzene rings is 1. The van der Waals surface area contributed by atoms with E-state index in [9.17, 15) is 18.4 Å². The molecule has 1 aromatic rings. The van der Waals surface area contributed by atoms with E-state index in [1.165, 1.54) is 13.8 Å². The smallest absolute Gasteiger partial charge is 0.235 e. The molecule has 0 fully saturated rings. The lowest BCUT2D eigenvalue weighted by atomic mass is 9.91. The van der Waals surface area contributed by atoms with Gasteiger partial charge in [0.2, 0.25) is 11.8 Å². The van der Waals surface area contributed by atoms with Crippen LogP contribution in [0.2, 0.25) is 0 Å². The van der Waals surface area contributed by atoms with Gasteiger partial charge in [0, 0.05) is 12.6 Å². The Bertz CT molecular complexity index is 467. The maximum Gasteiger partial charge on any atom is 0.235 e. The van der Waals surface area contributed by atoms with Crippen molar-refractivity contribution in [3.05, 3.63) is 35.4 Å². The molecule has 18 heavy (non-hydrogen) atoms. The Morgan fingerprint density at radius 1 is 1.22 bits per heavy atom. The van der Waals surface area contributed by atoms with E-state index in [1.807, 2.05) is 0 Å². The number of carbonyl (C=O) groups excluding carboxylic acids is 2. The van der Waals surface area contributed by atoms with Gasteiger partial charge in [-0.3, -0.25) is 9.59 Å². The van der Waals surface area contributed by atoms with Crippen molar-refractivity contribution in [3.8, 4) is 0 Å². The first-order valence-electron chi connectivity index (χ1n) is 5.26. The average Bonchev–Trinajstić information content (AvgIpc) is 2.24. The van der Waals surface area contributed by atoms with Crippen molar-refractivity contribution in [3.63, 3.8) is 0 Å². The highest BCUT2D eigenvalue weighted by atomic mass is 19.1. The molecule has 0 saturated heterocycles. The van der Waals surface area contributed by atoms with E-state index in [4.69, 9.17) is 5.73 Å². The number of primary amides is 1. The van der Waals surface area contributed by atoms with Gasteiger partial charge in [0.1, 0.15) is 17.0 Å². The normalized spacial score (nSPS) is 11.1. The van der Waals surface area contributed by atoms with Gasteiger partial charge in [-0.2, -0.15) is 0 Å². The number of nitrogens with two attached hydrogens (primary N) is 1. The standard InChI is InChI=1S/C12H14F2N2O2/c1-12(2,10(15)17)11(18)16-6-7-3-8(13)5-9(14)4-7/h3-5H,6H2,1-2H3,(H2,15,17)(H,16,18). The molecule has 0 unspecified atom stereocenters. The third kappa shape index (κ3) is 3.26. The van der Waals surface area contributed by atoms with E-state index < -0.39 is 28.9 Å². The Hall–Kier alpha value is -1.98. The summed E-state index contributed by atoms with van der Waals surface area (Å²) in [5.41, 5.74) is 3.96. The largest absolute Gasteiger partial charge is 0.369 e. The summed E-state index contributed by atoms with van der Waals surface area (Å²) in [7, 11) is 0. The second kappa shape index (κ2) is 5.12. The lowest BCUT2D eigenvalue weighted by Crippen LogP contribution is -2.45. The first-order chi connectivity index (χ1) is 8.23. The van der Waals surface area contributed by atoms with Crippen molar-refractivity contribution in [2.45, 2.75) is 20.4 Å². The summed E-state index contributed by atoms with van der Waals surface area (Å²) in [5.74, 6) is -2.83. The van der Waals surface area contributed by atoms with Crippen molar-refractivity contribution in [1.29, 1.82) is 0 Å². The summed E-state index contributed by atoms with van der Waals surface area (Å²) < 4.78 is 25.8. The molecule has 0 saturated carbocycles. The van der Waals surface area contributed by atoms with Gasteiger partial charge in [0.15, 0.2) is 0 Å². The minimum absolute atomic E-state index is 0.0791. The predicted octanol–water partition coefficient (Wildman–Crippen LogP) is 1.09. The molecule has 1 aromatic carbocycles. The fourth-order valence-electron chi connectivity index (χ4n) is 1.23. The third-order valence-corrected chi connectivity index (χ3v) is 2.56. The molecule has 0 spiro atoms. The molecular formula is C12H14F2N2O2. The van der Waals surface area contributed by atoms with E-state index >= 15 is 0 Å². The molecule has 0 radical (unpaired) electrons. The Morgan fingerprint density at radius 3 is 2.17 bits per heavy atom. The second-order valence-corrected chi connectivity index (χ2v) is 4.45. The topological polar surface area (TPSA) is 72.2 Å². The summed E-state index contributed by atoms with van der Waals surface area (Å²) in [5, 5.41) is 2.40. The van der Waals surface area contributed by atoms with Crippen molar-refractivity contribution in [2.75, 3.05) is 0 Å². The van der Waals surface area contributed by atoms with Crippen LogP contribution in [-0.4, -0.2) is 11.8 Å². The van der Waals surface area contributed by atoms with Gasteiger partial charge in [-0.05, 0) is 31.5 Å². The lowest BCUT2D eigenvalue weighted by molar-refractivity contribution is -0.139. The molecule has 4 nitrogen and oxygen atoms in total. The zero-order valence-electron chi connectivity index (χ0n) is 10.1. The van der Waals surface area contributed by atoms with Crippen LogP contribution < -0.4 is 11.1 Å². The summed E-state index contributed by atoms with van der Waals surface area (Å²) >= 11 is 0. The highest BCUT2D eigenvalue weighted by Crippen LogP contribution is 2.14. The number of nitrogens with one attached hydrogen (secondary N) is 1. The first kappa shape index (κ1) is 14.1. The van der Waals surface area contributed by atoms with E-state index in [0.717, 1.165) is 18.2 Å². The number of hydrogen-bond donors (Lipinski definition) is 2. The van der Waals surface area contributed by atoms with Crippen molar-refractivity contribution < 1.29 is 18.4 Å². The molecule has 0 aliphatic heterocycles. The monoisotopic (exact) mass is 256 g/mol. The number of halogens is 2. The molecule has 0 heterocycles. The van der Waals surface area contributed by atoms with Crippen LogP contribution in [0, 0.1) is 17.0 Å². The molecule has 0 bridgehead atoms. The van der Waals surface area contributed by atoms with Crippen LogP contribution in [0.3, 0.4) is 0 Å². The van der Waals surface area contributed by atoms with Crippen LogP contribution in [-0.2, 0) is 16.1 Å². The van der Waals surface area contributed by atoms with Crippen LogP contribution in [0.1, 0.15) is 19.4 Å². The molecule has 0 atom stereocenters. The van der Waals surface area contributed by atoms with Gasteiger partial charge < -0.3 is 11.1 Å². The Labute approximate surface area is 103 Å². The fourth-order valence-corrected chi connectivity index (χ4v) is 1.23. The molecule has 1 rings (SSSR count). The highest BCUT2D eigenvalue weighted by Gasteiger charge is 2.33. The third-order valence-electron chi connectivity index (χ3n) is 2.56. The molecule has 2 amide bonds. The SMILES string of the molecule is CC(C)(C(N)=O)C(=O)NCc1cc(F)cc(F)c1. The van der Waals surface area contributed by atoms with Gasteiger partial charge in [-0.1, -0.05) is 0 Å². The van der Waals surface area contributed by atoms with Crippen LogP contribution >= 0.6 is 0 Å². The van der Waals surface area contributed by atoms with E-state index in [2.05, 4.69) is 5.32 Å². The van der Waals surface area contributed by atoms with Crippen LogP contribution in [0.5, 0.6) is 0 Å². The quantitative estimate of drug-likeness (QED) is 0.791. The van der Waals surface area contributed by atoms with Gasteiger partial charge in [-0.25, -0.2) is 8.78 Å². The maximum absolute atomic E-state index is 12.9. The van der Waals surface area contributed by atoms with E-state index in [-0.39, 0.29) is 12.1 Å². The highest BCUT2D eigenvalue weighted by molar-refractivity contribution is 6.03. The number of amides is 2. The summed E-state index contributed by atoms with van der Waals surface area (Å²) in [4.78, 5) is 22.7. The molecule has 0 aromatic heterocycles. The number of hydrogen-bond acceptors (Lipinski definition) is 2. The first-order valence-corrected chi connectivity index (χ1v) is 5.26. The second-order valence-electron chi connectivity index (χ2n) is 4.45. The Morgan fingerprint density at radius 2 is 1.72 bits per heavy atom. The molecule has 3 N–H and O–H groups in total. The Kier molecular flexibility index (Phi) is 4.00. The Balaban J connectivity index is 2.71. The average molecular weight is 256 g/mol. The molecule has 6 heteroatoms. The lowest BCUT2D eigenvalue weighted by Gasteiger charge is -2.19. The molecular weight excluding hydrogens is 242 g/mol. The molecule has 98 valence electrons. The van der Waals surface area contributed by atoms with Crippen LogP contribution in [0.25, 0.3) is 0 Å². The zero-order valence-corrected chi connectivity index (χ0v) is 10.1. The maximum atomic E-state index is 12.9. The fraction of sp³-hybridized carbons (Fsp3) is 0.333. The molecule has 0 aliphatic rings. The summed E-state index contributed by atoms with van der Waals surface area (Å²) in [6.07, 6.45) is 0. The van der Waals surface area contributed by atoms with Crippen LogP contribution in [0.15, 0.2) is 18.2 Å². The zero-order chi connectivity index (χ0) is 13.9. The predicted molar refractivity (Wildman–Crippen MR) is 61.2 cm³/mol. The summed E-state index contributed by atoms with van der Waals surface area (Å²) in [6.45, 7) is 2.66. The minimum Gasteiger partial charge on any atom is -0.369 e. The van der Waals surface area contributed by atoms with Gasteiger partial charge >= 0.3 is 0 Å². The van der Waals surface area contributed by atoms with Gasteiger partial charge in [0.05, 0.1) is 0 Å². The van der Waals surface area contributed by atoms with Crippen molar-refractivity contribution in [1.82, 2.24) is 5.32 Å². The number of carbonyl (C=O) groups is 2.